The lowest BCUT2D eigenvalue weighted by molar-refractivity contribution is -0.122. The fourth-order valence-electron chi connectivity index (χ4n) is 4.68. The second kappa shape index (κ2) is 10.2. The molecule has 0 saturated carbocycles. The molecule has 4 rings (SSSR count). The summed E-state index contributed by atoms with van der Waals surface area (Å²) >= 11 is 0. The molecule has 3 amide bonds. The summed E-state index contributed by atoms with van der Waals surface area (Å²) in [6, 6.07) is 13.5. The number of nitrogens with one attached hydrogen (secondary N) is 1. The molecule has 33 heavy (non-hydrogen) atoms. The summed E-state index contributed by atoms with van der Waals surface area (Å²) in [6.07, 6.45) is 5.60. The highest BCUT2D eigenvalue weighted by atomic mass is 16.2. The second-order valence-corrected chi connectivity index (χ2v) is 9.14. The van der Waals surface area contributed by atoms with E-state index in [4.69, 9.17) is 0 Å². The first-order chi connectivity index (χ1) is 16.0. The molecule has 2 aliphatic rings. The summed E-state index contributed by atoms with van der Waals surface area (Å²) in [7, 11) is 0. The molecule has 2 aromatic carbocycles. The van der Waals surface area contributed by atoms with E-state index in [1.54, 1.807) is 11.0 Å². The number of amides is 3. The van der Waals surface area contributed by atoms with Crippen LogP contribution < -0.4 is 10.2 Å². The molecule has 2 aliphatic heterocycles. The van der Waals surface area contributed by atoms with Gasteiger partial charge in [-0.25, -0.2) is 0 Å². The third-order valence-corrected chi connectivity index (χ3v) is 6.78. The minimum atomic E-state index is -0.422. The number of benzene rings is 2. The van der Waals surface area contributed by atoms with E-state index in [1.165, 1.54) is 5.56 Å². The number of carbonyl (C=O) groups excluding carboxylic acids is 3. The van der Waals surface area contributed by atoms with Gasteiger partial charge in [0, 0.05) is 43.0 Å². The Kier molecular flexibility index (Phi) is 7.11. The predicted octanol–water partition coefficient (Wildman–Crippen LogP) is 4.57. The molecule has 0 aliphatic carbocycles. The average molecular weight is 448 g/mol. The van der Waals surface area contributed by atoms with Crippen molar-refractivity contribution in [1.29, 1.82) is 0 Å². The zero-order chi connectivity index (χ0) is 23.4. The topological polar surface area (TPSA) is 69.7 Å². The predicted molar refractivity (Wildman–Crippen MR) is 130 cm³/mol. The lowest BCUT2D eigenvalue weighted by Crippen LogP contribution is -2.29. The Morgan fingerprint density at radius 2 is 1.79 bits per heavy atom. The van der Waals surface area contributed by atoms with Gasteiger partial charge in [-0.1, -0.05) is 31.5 Å². The maximum atomic E-state index is 13.0. The van der Waals surface area contributed by atoms with Gasteiger partial charge in [-0.05, 0) is 68.0 Å². The van der Waals surface area contributed by atoms with Gasteiger partial charge >= 0.3 is 0 Å². The number of likely N-dealkylation sites (tertiary alicyclic amines) is 1. The van der Waals surface area contributed by atoms with Gasteiger partial charge in [0.1, 0.15) is 0 Å². The van der Waals surface area contributed by atoms with E-state index in [0.29, 0.717) is 17.8 Å². The zero-order valence-corrected chi connectivity index (χ0v) is 19.6. The van der Waals surface area contributed by atoms with Crippen LogP contribution in [-0.2, 0) is 16.0 Å². The first-order valence-electron chi connectivity index (χ1n) is 12.1. The number of rotatable bonds is 7. The number of unbranched alkanes of at least 4 members (excludes halogenated alkanes) is 1. The molecule has 0 aromatic heterocycles. The van der Waals surface area contributed by atoms with Crippen LogP contribution in [0.3, 0.4) is 0 Å². The van der Waals surface area contributed by atoms with E-state index >= 15 is 0 Å². The van der Waals surface area contributed by atoms with Crippen molar-refractivity contribution in [3.63, 3.8) is 0 Å². The minimum Gasteiger partial charge on any atom is -0.339 e. The highest BCUT2D eigenvalue weighted by Crippen LogP contribution is 2.28. The van der Waals surface area contributed by atoms with Gasteiger partial charge in [0.05, 0.1) is 5.92 Å². The van der Waals surface area contributed by atoms with Crippen molar-refractivity contribution in [2.45, 2.75) is 52.4 Å². The molecule has 0 spiro atoms. The van der Waals surface area contributed by atoms with Crippen LogP contribution in [-0.4, -0.2) is 42.3 Å². The molecule has 2 heterocycles. The number of anilines is 2. The van der Waals surface area contributed by atoms with Crippen LogP contribution in [0.4, 0.5) is 11.4 Å². The monoisotopic (exact) mass is 447 g/mol. The maximum Gasteiger partial charge on any atom is 0.254 e. The zero-order valence-electron chi connectivity index (χ0n) is 19.6. The Labute approximate surface area is 196 Å². The van der Waals surface area contributed by atoms with Crippen LogP contribution in [0.1, 0.15) is 60.5 Å². The van der Waals surface area contributed by atoms with Gasteiger partial charge in [-0.3, -0.25) is 14.4 Å². The Morgan fingerprint density at radius 3 is 2.48 bits per heavy atom. The molecular weight excluding hydrogens is 414 g/mol. The molecule has 0 bridgehead atoms. The van der Waals surface area contributed by atoms with E-state index < -0.39 is 5.92 Å². The number of carbonyl (C=O) groups is 3. The Balaban J connectivity index is 1.41. The summed E-state index contributed by atoms with van der Waals surface area (Å²) in [4.78, 5) is 42.1. The molecule has 2 saturated heterocycles. The molecule has 2 fully saturated rings. The summed E-state index contributed by atoms with van der Waals surface area (Å²) in [5.74, 6) is -0.620. The standard InChI is InChI=1S/C27H33N3O3/c1-3-4-8-20-11-13-22(14-12-20)30-18-21(17-25(30)31)26(32)28-24-10-7-9-23(19(24)2)27(33)29-15-5-6-16-29/h7,9-14,21H,3-6,8,15-18H2,1-2H3,(H,28,32). The second-order valence-electron chi connectivity index (χ2n) is 9.14. The Morgan fingerprint density at radius 1 is 1.06 bits per heavy atom. The van der Waals surface area contributed by atoms with Gasteiger partial charge in [-0.2, -0.15) is 0 Å². The van der Waals surface area contributed by atoms with Crippen molar-refractivity contribution >= 4 is 29.1 Å². The fourth-order valence-corrected chi connectivity index (χ4v) is 4.68. The average Bonchev–Trinajstić information content (AvgIpc) is 3.49. The van der Waals surface area contributed by atoms with Crippen molar-refractivity contribution in [1.82, 2.24) is 4.90 Å². The van der Waals surface area contributed by atoms with Crippen molar-refractivity contribution in [2.24, 2.45) is 5.92 Å². The molecule has 6 heteroatoms. The van der Waals surface area contributed by atoms with E-state index in [-0.39, 0.29) is 24.1 Å². The van der Waals surface area contributed by atoms with E-state index in [2.05, 4.69) is 24.4 Å². The minimum absolute atomic E-state index is 0.0192. The van der Waals surface area contributed by atoms with E-state index in [1.807, 2.05) is 36.1 Å². The van der Waals surface area contributed by atoms with Crippen LogP contribution in [0, 0.1) is 12.8 Å². The van der Waals surface area contributed by atoms with E-state index in [9.17, 15) is 14.4 Å². The largest absolute Gasteiger partial charge is 0.339 e. The quantitative estimate of drug-likeness (QED) is 0.676. The van der Waals surface area contributed by atoms with Crippen molar-refractivity contribution in [3.05, 3.63) is 59.2 Å². The Hall–Kier alpha value is -3.15. The number of hydrogen-bond donors (Lipinski definition) is 1. The highest BCUT2D eigenvalue weighted by Gasteiger charge is 2.35. The molecule has 1 atom stereocenters. The maximum absolute atomic E-state index is 13.0. The third kappa shape index (κ3) is 5.10. The normalized spacial score (nSPS) is 18.1. The molecule has 6 nitrogen and oxygen atoms in total. The summed E-state index contributed by atoms with van der Waals surface area (Å²) in [5, 5.41) is 2.97. The van der Waals surface area contributed by atoms with Crippen LogP contribution in [0.2, 0.25) is 0 Å². The first-order valence-corrected chi connectivity index (χ1v) is 12.1. The van der Waals surface area contributed by atoms with Crippen molar-refractivity contribution in [3.8, 4) is 0 Å². The van der Waals surface area contributed by atoms with Crippen LogP contribution >= 0.6 is 0 Å². The van der Waals surface area contributed by atoms with Gasteiger partial charge in [0.15, 0.2) is 0 Å². The molecule has 1 unspecified atom stereocenters. The first kappa shape index (κ1) is 23.0. The van der Waals surface area contributed by atoms with E-state index in [0.717, 1.165) is 56.4 Å². The smallest absolute Gasteiger partial charge is 0.254 e. The highest BCUT2D eigenvalue weighted by molar-refractivity contribution is 6.04. The molecule has 2 aromatic rings. The molecule has 1 N–H and O–H groups in total. The molecule has 174 valence electrons. The van der Waals surface area contributed by atoms with Crippen molar-refractivity contribution < 1.29 is 14.4 Å². The van der Waals surface area contributed by atoms with Gasteiger partial charge < -0.3 is 15.1 Å². The lowest BCUT2D eigenvalue weighted by Gasteiger charge is -2.19. The lowest BCUT2D eigenvalue weighted by atomic mass is 10.0. The van der Waals surface area contributed by atoms with Gasteiger partial charge in [0.25, 0.3) is 5.91 Å². The van der Waals surface area contributed by atoms with Crippen molar-refractivity contribution in [2.75, 3.05) is 29.9 Å². The van der Waals surface area contributed by atoms with Gasteiger partial charge in [0.2, 0.25) is 11.8 Å². The molecule has 0 radical (unpaired) electrons. The Bertz CT molecular complexity index is 1030. The third-order valence-electron chi connectivity index (χ3n) is 6.78. The van der Waals surface area contributed by atoms with Crippen LogP contribution in [0.25, 0.3) is 0 Å². The summed E-state index contributed by atoms with van der Waals surface area (Å²) < 4.78 is 0. The number of hydrogen-bond acceptors (Lipinski definition) is 3. The summed E-state index contributed by atoms with van der Waals surface area (Å²) in [5.41, 5.74) is 4.13. The molecular formula is C27H33N3O3. The number of nitrogens with zero attached hydrogens (tertiary/aromatic N) is 2. The summed E-state index contributed by atoms with van der Waals surface area (Å²) in [6.45, 7) is 5.98. The van der Waals surface area contributed by atoms with Crippen LogP contribution in [0.5, 0.6) is 0 Å². The van der Waals surface area contributed by atoms with Crippen LogP contribution in [0.15, 0.2) is 42.5 Å². The SMILES string of the molecule is CCCCc1ccc(N2CC(C(=O)Nc3cccc(C(=O)N4CCCC4)c3C)CC2=O)cc1. The fraction of sp³-hybridized carbons (Fsp3) is 0.444. The van der Waals surface area contributed by atoms with Gasteiger partial charge in [-0.15, -0.1) is 0 Å². The number of aryl methyl sites for hydroxylation is 1.